The van der Waals surface area contributed by atoms with Crippen molar-refractivity contribution in [2.45, 2.75) is 19.9 Å². The van der Waals surface area contributed by atoms with Gasteiger partial charge in [0.25, 0.3) is 5.56 Å². The Bertz CT molecular complexity index is 1170. The van der Waals surface area contributed by atoms with Gasteiger partial charge in [-0.2, -0.15) is 5.10 Å². The van der Waals surface area contributed by atoms with Crippen LogP contribution in [0.25, 0.3) is 21.5 Å². The summed E-state index contributed by atoms with van der Waals surface area (Å²) < 4.78 is 7.70. The van der Waals surface area contributed by atoms with Gasteiger partial charge in [0.2, 0.25) is 0 Å². The van der Waals surface area contributed by atoms with Gasteiger partial charge in [-0.15, -0.1) is 11.3 Å². The largest absolute Gasteiger partial charge is 0.497 e. The highest BCUT2D eigenvalue weighted by Gasteiger charge is 2.20. The average Bonchev–Trinajstić information content (AvgIpc) is 3.10. The highest BCUT2D eigenvalue weighted by Crippen LogP contribution is 2.32. The Kier molecular flexibility index (Phi) is 4.49. The second-order valence-corrected chi connectivity index (χ2v) is 7.53. The molecule has 0 spiro atoms. The van der Waals surface area contributed by atoms with E-state index in [-0.39, 0.29) is 11.6 Å². The molecule has 2 aromatic heterocycles. The van der Waals surface area contributed by atoms with E-state index in [1.807, 2.05) is 68.4 Å². The lowest BCUT2D eigenvalue weighted by Crippen LogP contribution is -2.27. The molecule has 0 fully saturated rings. The molecule has 2 heterocycles. The number of fused-ring (bicyclic) bond motifs is 1. The van der Waals surface area contributed by atoms with E-state index in [0.29, 0.717) is 5.52 Å². The number of methoxy groups -OCH3 is 1. The lowest BCUT2D eigenvalue weighted by atomic mass is 10.1. The summed E-state index contributed by atoms with van der Waals surface area (Å²) in [7, 11) is 1.64. The monoisotopic (exact) mass is 377 g/mol. The van der Waals surface area contributed by atoms with Crippen LogP contribution >= 0.6 is 11.3 Å². The van der Waals surface area contributed by atoms with E-state index in [4.69, 9.17) is 9.84 Å². The maximum absolute atomic E-state index is 13.1. The molecule has 5 nitrogen and oxygen atoms in total. The predicted octanol–water partition coefficient (Wildman–Crippen LogP) is 4.45. The van der Waals surface area contributed by atoms with Crippen molar-refractivity contribution >= 4 is 21.6 Å². The predicted molar refractivity (Wildman–Crippen MR) is 109 cm³/mol. The van der Waals surface area contributed by atoms with Crippen LogP contribution in [0.4, 0.5) is 0 Å². The second kappa shape index (κ2) is 6.96. The first-order valence-corrected chi connectivity index (χ1v) is 9.49. The van der Waals surface area contributed by atoms with Crippen molar-refractivity contribution in [2.24, 2.45) is 0 Å². The van der Waals surface area contributed by atoms with E-state index in [1.165, 1.54) is 16.0 Å². The Balaban J connectivity index is 1.98. The standard InChI is InChI=1S/C21H19N3O2S/c1-13(15-8-5-4-6-9-15)24-21(25)19-20(27-14(2)22-19)18(23-24)16-10-7-11-17(12-16)26-3/h4-13H,1-3H3/t13-/m0/s1. The molecular formula is C21H19N3O2S. The molecule has 0 aliphatic heterocycles. The molecule has 2 aromatic carbocycles. The average molecular weight is 377 g/mol. The first kappa shape index (κ1) is 17.4. The minimum Gasteiger partial charge on any atom is -0.497 e. The number of hydrogen-bond acceptors (Lipinski definition) is 5. The fourth-order valence-electron chi connectivity index (χ4n) is 3.13. The fourth-order valence-corrected chi connectivity index (χ4v) is 4.05. The highest BCUT2D eigenvalue weighted by molar-refractivity contribution is 7.19. The van der Waals surface area contributed by atoms with Crippen molar-refractivity contribution < 1.29 is 4.74 Å². The van der Waals surface area contributed by atoms with Crippen LogP contribution in [0, 0.1) is 6.92 Å². The van der Waals surface area contributed by atoms with Gasteiger partial charge < -0.3 is 4.74 Å². The molecule has 0 bridgehead atoms. The molecule has 4 aromatic rings. The summed E-state index contributed by atoms with van der Waals surface area (Å²) in [5.41, 5.74) is 2.97. The van der Waals surface area contributed by atoms with E-state index in [0.717, 1.165) is 32.3 Å². The van der Waals surface area contributed by atoms with E-state index < -0.39 is 0 Å². The number of aromatic nitrogens is 3. The van der Waals surface area contributed by atoms with Crippen LogP contribution in [-0.4, -0.2) is 21.9 Å². The van der Waals surface area contributed by atoms with Gasteiger partial charge >= 0.3 is 0 Å². The second-order valence-electron chi connectivity index (χ2n) is 6.33. The molecule has 0 amide bonds. The number of rotatable bonds is 4. The Hall–Kier alpha value is -2.99. The number of aryl methyl sites for hydroxylation is 1. The maximum Gasteiger partial charge on any atom is 0.294 e. The normalized spacial score (nSPS) is 12.3. The Morgan fingerprint density at radius 1 is 1.11 bits per heavy atom. The number of nitrogens with zero attached hydrogens (tertiary/aromatic N) is 3. The van der Waals surface area contributed by atoms with E-state index in [1.54, 1.807) is 7.11 Å². The third-order valence-electron chi connectivity index (χ3n) is 4.56. The van der Waals surface area contributed by atoms with Crippen LogP contribution in [0.15, 0.2) is 59.4 Å². The van der Waals surface area contributed by atoms with E-state index in [9.17, 15) is 4.79 Å². The lowest BCUT2D eigenvalue weighted by molar-refractivity contribution is 0.415. The van der Waals surface area contributed by atoms with Gasteiger partial charge in [0.05, 0.1) is 22.9 Å². The van der Waals surface area contributed by atoms with Gasteiger partial charge in [-0.3, -0.25) is 4.79 Å². The molecular weight excluding hydrogens is 358 g/mol. The maximum atomic E-state index is 13.1. The van der Waals surface area contributed by atoms with Gasteiger partial charge in [0.15, 0.2) is 5.52 Å². The molecule has 27 heavy (non-hydrogen) atoms. The van der Waals surface area contributed by atoms with Crippen molar-refractivity contribution in [3.8, 4) is 17.0 Å². The zero-order valence-corrected chi connectivity index (χ0v) is 16.2. The molecule has 0 unspecified atom stereocenters. The summed E-state index contributed by atoms with van der Waals surface area (Å²) in [6.45, 7) is 3.88. The molecule has 136 valence electrons. The zero-order chi connectivity index (χ0) is 19.0. The molecule has 4 rings (SSSR count). The van der Waals surface area contributed by atoms with Crippen molar-refractivity contribution in [2.75, 3.05) is 7.11 Å². The Labute approximate surface area is 160 Å². The van der Waals surface area contributed by atoms with Crippen LogP contribution in [0.1, 0.15) is 23.5 Å². The highest BCUT2D eigenvalue weighted by atomic mass is 32.1. The van der Waals surface area contributed by atoms with Crippen LogP contribution < -0.4 is 10.3 Å². The molecule has 0 saturated heterocycles. The fraction of sp³-hybridized carbons (Fsp3) is 0.190. The first-order valence-electron chi connectivity index (χ1n) is 8.68. The lowest BCUT2D eigenvalue weighted by Gasteiger charge is -2.16. The minimum absolute atomic E-state index is 0.169. The van der Waals surface area contributed by atoms with Gasteiger partial charge in [0, 0.05) is 5.56 Å². The summed E-state index contributed by atoms with van der Waals surface area (Å²) in [5, 5.41) is 5.60. The topological polar surface area (TPSA) is 57.0 Å². The van der Waals surface area contributed by atoms with Gasteiger partial charge in [-0.25, -0.2) is 9.67 Å². The van der Waals surface area contributed by atoms with Crippen molar-refractivity contribution in [1.29, 1.82) is 0 Å². The third kappa shape index (κ3) is 3.13. The molecule has 0 aliphatic carbocycles. The summed E-state index contributed by atoms with van der Waals surface area (Å²) in [6, 6.07) is 17.4. The summed E-state index contributed by atoms with van der Waals surface area (Å²) in [4.78, 5) is 17.6. The quantitative estimate of drug-likeness (QED) is 0.527. The Morgan fingerprint density at radius 2 is 1.89 bits per heavy atom. The molecule has 0 saturated carbocycles. The van der Waals surface area contributed by atoms with Crippen molar-refractivity contribution in [1.82, 2.24) is 14.8 Å². The molecule has 0 aliphatic rings. The van der Waals surface area contributed by atoms with E-state index >= 15 is 0 Å². The number of ether oxygens (including phenoxy) is 1. The number of benzene rings is 2. The minimum atomic E-state index is -0.200. The smallest absolute Gasteiger partial charge is 0.294 e. The Morgan fingerprint density at radius 3 is 2.63 bits per heavy atom. The molecule has 6 heteroatoms. The summed E-state index contributed by atoms with van der Waals surface area (Å²) >= 11 is 1.49. The van der Waals surface area contributed by atoms with Crippen molar-refractivity contribution in [3.63, 3.8) is 0 Å². The van der Waals surface area contributed by atoms with Crippen LogP contribution in [0.3, 0.4) is 0 Å². The zero-order valence-electron chi connectivity index (χ0n) is 15.3. The van der Waals surface area contributed by atoms with Gasteiger partial charge in [-0.05, 0) is 31.5 Å². The first-order chi connectivity index (χ1) is 13.1. The van der Waals surface area contributed by atoms with Crippen LogP contribution in [-0.2, 0) is 0 Å². The SMILES string of the molecule is COc1cccc(-c2nn([C@@H](C)c3ccccc3)c(=O)c3nc(C)sc23)c1. The number of thiazole rings is 1. The summed E-state index contributed by atoms with van der Waals surface area (Å²) in [5.74, 6) is 0.748. The molecule has 0 N–H and O–H groups in total. The van der Waals surface area contributed by atoms with Crippen LogP contribution in [0.5, 0.6) is 5.75 Å². The molecule has 1 atom stereocenters. The van der Waals surface area contributed by atoms with Crippen molar-refractivity contribution in [3.05, 3.63) is 75.5 Å². The number of hydrogen-bond donors (Lipinski definition) is 0. The molecule has 0 radical (unpaired) electrons. The summed E-state index contributed by atoms with van der Waals surface area (Å²) in [6.07, 6.45) is 0. The van der Waals surface area contributed by atoms with Crippen LogP contribution in [0.2, 0.25) is 0 Å². The van der Waals surface area contributed by atoms with Gasteiger partial charge in [0.1, 0.15) is 11.4 Å². The van der Waals surface area contributed by atoms with E-state index in [2.05, 4.69) is 4.98 Å². The third-order valence-corrected chi connectivity index (χ3v) is 5.54. The van der Waals surface area contributed by atoms with Gasteiger partial charge in [-0.1, -0.05) is 42.5 Å².